The molecular weight excluding hydrogens is 344 g/mol. The van der Waals surface area contributed by atoms with Gasteiger partial charge in [0, 0.05) is 0 Å². The van der Waals surface area contributed by atoms with Gasteiger partial charge in [-0.05, 0) is 38.3 Å². The zero-order chi connectivity index (χ0) is 20.0. The number of hydrogen-bond acceptors (Lipinski definition) is 4. The molecule has 2 amide bonds. The smallest absolute Gasteiger partial charge is 0.415 e. The second-order valence-electron chi connectivity index (χ2n) is 7.79. The van der Waals surface area contributed by atoms with Gasteiger partial charge in [-0.25, -0.2) is 9.59 Å². The molecular formula is C21H28N2O4. The SMILES string of the molecule is CC(C)[C@@H](C=C=CN1C(=O)OC[C@H]1c1ccccc1)NC(=O)OC(C)(C)C. The zero-order valence-electron chi connectivity index (χ0n) is 16.6. The van der Waals surface area contributed by atoms with Gasteiger partial charge in [0.15, 0.2) is 0 Å². The zero-order valence-corrected chi connectivity index (χ0v) is 16.6. The van der Waals surface area contributed by atoms with E-state index < -0.39 is 17.8 Å². The lowest BCUT2D eigenvalue weighted by Crippen LogP contribution is -2.40. The van der Waals surface area contributed by atoms with Crippen LogP contribution in [0.2, 0.25) is 0 Å². The molecule has 0 unspecified atom stereocenters. The summed E-state index contributed by atoms with van der Waals surface area (Å²) in [6, 6.07) is 9.23. The first-order valence-corrected chi connectivity index (χ1v) is 9.09. The Morgan fingerprint density at radius 1 is 1.33 bits per heavy atom. The lowest BCUT2D eigenvalue weighted by Gasteiger charge is -2.23. The fourth-order valence-electron chi connectivity index (χ4n) is 2.58. The van der Waals surface area contributed by atoms with Crippen LogP contribution in [-0.4, -0.2) is 35.3 Å². The van der Waals surface area contributed by atoms with Gasteiger partial charge in [-0.1, -0.05) is 44.2 Å². The second-order valence-corrected chi connectivity index (χ2v) is 7.79. The van der Waals surface area contributed by atoms with Crippen LogP contribution in [0.4, 0.5) is 9.59 Å². The Hall–Kier alpha value is -2.72. The van der Waals surface area contributed by atoms with Gasteiger partial charge in [-0.3, -0.25) is 4.90 Å². The number of rotatable bonds is 5. The Balaban J connectivity index is 2.10. The Kier molecular flexibility index (Phi) is 6.70. The van der Waals surface area contributed by atoms with Crippen molar-refractivity contribution in [1.29, 1.82) is 0 Å². The Morgan fingerprint density at radius 3 is 2.59 bits per heavy atom. The average molecular weight is 372 g/mol. The number of nitrogens with zero attached hydrogens (tertiary/aromatic N) is 1. The summed E-state index contributed by atoms with van der Waals surface area (Å²) in [4.78, 5) is 25.5. The van der Waals surface area contributed by atoms with E-state index in [1.807, 2.05) is 65.0 Å². The molecule has 0 aliphatic carbocycles. The molecule has 1 aromatic rings. The van der Waals surface area contributed by atoms with Crippen molar-refractivity contribution < 1.29 is 19.1 Å². The summed E-state index contributed by atoms with van der Waals surface area (Å²) in [6.45, 7) is 9.71. The molecule has 6 nitrogen and oxygen atoms in total. The third-order valence-corrected chi connectivity index (χ3v) is 3.99. The largest absolute Gasteiger partial charge is 0.447 e. The van der Waals surface area contributed by atoms with E-state index in [-0.39, 0.29) is 18.0 Å². The molecule has 146 valence electrons. The van der Waals surface area contributed by atoms with Gasteiger partial charge in [0.1, 0.15) is 12.2 Å². The van der Waals surface area contributed by atoms with Gasteiger partial charge < -0.3 is 14.8 Å². The highest BCUT2D eigenvalue weighted by Crippen LogP contribution is 2.27. The van der Waals surface area contributed by atoms with E-state index in [4.69, 9.17) is 9.47 Å². The maximum atomic E-state index is 12.0. The number of alkyl carbamates (subject to hydrolysis) is 1. The van der Waals surface area contributed by atoms with E-state index in [9.17, 15) is 9.59 Å². The second kappa shape index (κ2) is 8.78. The maximum Gasteiger partial charge on any atom is 0.415 e. The third-order valence-electron chi connectivity index (χ3n) is 3.99. The summed E-state index contributed by atoms with van der Waals surface area (Å²) < 4.78 is 10.5. The molecule has 1 aliphatic rings. The quantitative estimate of drug-likeness (QED) is 0.778. The topological polar surface area (TPSA) is 67.9 Å². The molecule has 0 saturated carbocycles. The number of nitrogens with one attached hydrogen (secondary N) is 1. The first-order chi connectivity index (χ1) is 12.7. The van der Waals surface area contributed by atoms with Crippen molar-refractivity contribution in [3.8, 4) is 0 Å². The Labute approximate surface area is 160 Å². The van der Waals surface area contributed by atoms with Crippen LogP contribution in [0, 0.1) is 5.92 Å². The minimum absolute atomic E-state index is 0.133. The van der Waals surface area contributed by atoms with E-state index in [2.05, 4.69) is 11.0 Å². The van der Waals surface area contributed by atoms with Gasteiger partial charge in [0.2, 0.25) is 0 Å². The number of benzene rings is 1. The van der Waals surface area contributed by atoms with Crippen molar-refractivity contribution >= 4 is 12.2 Å². The molecule has 0 radical (unpaired) electrons. The highest BCUT2D eigenvalue weighted by Gasteiger charge is 2.32. The summed E-state index contributed by atoms with van der Waals surface area (Å²) in [5.41, 5.74) is 3.44. The molecule has 1 heterocycles. The number of cyclic esters (lactones) is 1. The van der Waals surface area contributed by atoms with Crippen LogP contribution in [-0.2, 0) is 9.47 Å². The fraction of sp³-hybridized carbons (Fsp3) is 0.476. The molecule has 6 heteroatoms. The fourth-order valence-corrected chi connectivity index (χ4v) is 2.58. The molecule has 0 aromatic heterocycles. The summed E-state index contributed by atoms with van der Waals surface area (Å²) in [5, 5.41) is 2.82. The summed E-state index contributed by atoms with van der Waals surface area (Å²) in [7, 11) is 0. The van der Waals surface area contributed by atoms with Crippen LogP contribution in [0.25, 0.3) is 0 Å². The predicted molar refractivity (Wildman–Crippen MR) is 103 cm³/mol. The highest BCUT2D eigenvalue weighted by molar-refractivity contribution is 5.72. The molecule has 1 N–H and O–H groups in total. The molecule has 0 spiro atoms. The maximum absolute atomic E-state index is 12.0. The third kappa shape index (κ3) is 6.19. The van der Waals surface area contributed by atoms with Gasteiger partial charge in [-0.15, -0.1) is 5.73 Å². The average Bonchev–Trinajstić information content (AvgIpc) is 2.94. The molecule has 1 saturated heterocycles. The van der Waals surface area contributed by atoms with Crippen LogP contribution in [0.15, 0.2) is 48.3 Å². The molecule has 1 fully saturated rings. The lowest BCUT2D eigenvalue weighted by atomic mass is 10.0. The summed E-state index contributed by atoms with van der Waals surface area (Å²) >= 11 is 0. The summed E-state index contributed by atoms with van der Waals surface area (Å²) in [5.74, 6) is 0.133. The van der Waals surface area contributed by atoms with Gasteiger partial charge >= 0.3 is 12.2 Å². The normalized spacial score (nSPS) is 17.8. The Morgan fingerprint density at radius 2 is 2.00 bits per heavy atom. The summed E-state index contributed by atoms with van der Waals surface area (Å²) in [6.07, 6.45) is 2.40. The van der Waals surface area contributed by atoms with Gasteiger partial charge in [0.25, 0.3) is 0 Å². The van der Waals surface area contributed by atoms with Crippen molar-refractivity contribution in [2.45, 2.75) is 52.3 Å². The number of carbonyl (C=O) groups excluding carboxylic acids is 2. The van der Waals surface area contributed by atoms with Crippen LogP contribution in [0.3, 0.4) is 0 Å². The highest BCUT2D eigenvalue weighted by atomic mass is 16.6. The molecule has 27 heavy (non-hydrogen) atoms. The number of amides is 2. The van der Waals surface area contributed by atoms with Crippen molar-refractivity contribution in [3.63, 3.8) is 0 Å². The molecule has 1 aliphatic heterocycles. The van der Waals surface area contributed by atoms with E-state index in [1.54, 1.807) is 12.3 Å². The minimum atomic E-state index is -0.562. The number of carbonyl (C=O) groups is 2. The van der Waals surface area contributed by atoms with E-state index in [0.717, 1.165) is 5.56 Å². The van der Waals surface area contributed by atoms with E-state index in [0.29, 0.717) is 6.61 Å². The standard InChI is InChI=1S/C21H28N2O4/c1-15(2)17(22-19(24)27-21(3,4)5)12-9-13-23-18(14-26-20(23)25)16-10-7-6-8-11-16/h6-8,10-13,15,17-18H,14H2,1-5H3,(H,22,24)/t9?,17-,18+/m1/s1. The van der Waals surface area contributed by atoms with Gasteiger partial charge in [-0.2, -0.15) is 0 Å². The van der Waals surface area contributed by atoms with Crippen molar-refractivity contribution in [2.75, 3.05) is 6.61 Å². The molecule has 1 aromatic carbocycles. The van der Waals surface area contributed by atoms with Gasteiger partial charge in [0.05, 0.1) is 18.3 Å². The predicted octanol–water partition coefficient (Wildman–Crippen LogP) is 4.40. The minimum Gasteiger partial charge on any atom is -0.447 e. The molecule has 2 atom stereocenters. The van der Waals surface area contributed by atoms with Crippen molar-refractivity contribution in [2.24, 2.45) is 5.92 Å². The van der Waals surface area contributed by atoms with Crippen LogP contribution in [0.5, 0.6) is 0 Å². The van der Waals surface area contributed by atoms with Crippen LogP contribution < -0.4 is 5.32 Å². The Bertz CT molecular complexity index is 715. The molecule has 2 rings (SSSR count). The monoisotopic (exact) mass is 372 g/mol. The molecule has 0 bridgehead atoms. The lowest BCUT2D eigenvalue weighted by molar-refractivity contribution is 0.0504. The first-order valence-electron chi connectivity index (χ1n) is 9.09. The number of hydrogen-bond donors (Lipinski definition) is 1. The first kappa shape index (κ1) is 20.6. The van der Waals surface area contributed by atoms with Crippen molar-refractivity contribution in [1.82, 2.24) is 10.2 Å². The van der Waals surface area contributed by atoms with Crippen LogP contribution in [0.1, 0.15) is 46.2 Å². The van der Waals surface area contributed by atoms with E-state index in [1.165, 1.54) is 4.90 Å². The van der Waals surface area contributed by atoms with Crippen molar-refractivity contribution in [3.05, 3.63) is 53.9 Å². The van der Waals surface area contributed by atoms with Crippen LogP contribution >= 0.6 is 0 Å². The van der Waals surface area contributed by atoms with E-state index >= 15 is 0 Å². The number of ether oxygens (including phenoxy) is 2.